The van der Waals surface area contributed by atoms with Crippen LogP contribution in [0.5, 0.6) is 5.75 Å². The average Bonchev–Trinajstić information content (AvgIpc) is 2.79. The number of nitrogens with zero attached hydrogens (tertiary/aromatic N) is 2. The largest absolute Gasteiger partial charge is 0.496 e. The number of carbonyl (C=O) groups excluding carboxylic acids is 1. The summed E-state index contributed by atoms with van der Waals surface area (Å²) in [6.45, 7) is 3.79. The number of rotatable bonds is 8. The maximum Gasteiger partial charge on any atom is 0.264 e. The molecule has 0 N–H and O–H groups in total. The third-order valence-electron chi connectivity index (χ3n) is 5.48. The van der Waals surface area contributed by atoms with Crippen LogP contribution in [0.2, 0.25) is 5.02 Å². The van der Waals surface area contributed by atoms with E-state index in [1.54, 1.807) is 26.3 Å². The molecule has 6 nitrogen and oxygen atoms in total. The van der Waals surface area contributed by atoms with Crippen molar-refractivity contribution in [3.8, 4) is 5.75 Å². The Labute approximate surface area is 200 Å². The first kappa shape index (κ1) is 24.6. The monoisotopic (exact) mass is 486 g/mol. The number of amides is 1. The summed E-state index contributed by atoms with van der Waals surface area (Å²) in [6, 6.07) is 18.6. The van der Waals surface area contributed by atoms with Crippen molar-refractivity contribution in [1.82, 2.24) is 4.90 Å². The molecule has 33 heavy (non-hydrogen) atoms. The standard InChI is InChI=1S/C25H27ClN2O4S/c1-18-9-12-22(15-19(18)2)28(33(30,31)23-13-10-21(26)11-14-23)17-25(29)27(3)16-20-7-5-6-8-24(20)32-4/h5-15H,16-17H2,1-4H3. The summed E-state index contributed by atoms with van der Waals surface area (Å²) in [5.41, 5.74) is 3.21. The Kier molecular flexibility index (Phi) is 7.66. The fraction of sp³-hybridized carbons (Fsp3) is 0.240. The van der Waals surface area contributed by atoms with E-state index < -0.39 is 10.0 Å². The van der Waals surface area contributed by atoms with Crippen LogP contribution in [0.1, 0.15) is 16.7 Å². The number of hydrogen-bond donors (Lipinski definition) is 0. The number of ether oxygens (including phenoxy) is 1. The number of halogens is 1. The van der Waals surface area contributed by atoms with E-state index in [1.165, 1.54) is 29.2 Å². The van der Waals surface area contributed by atoms with Crippen LogP contribution >= 0.6 is 11.6 Å². The van der Waals surface area contributed by atoms with Crippen molar-refractivity contribution in [2.45, 2.75) is 25.3 Å². The first-order chi connectivity index (χ1) is 15.6. The van der Waals surface area contributed by atoms with Crippen molar-refractivity contribution in [1.29, 1.82) is 0 Å². The molecule has 0 spiro atoms. The molecule has 3 rings (SSSR count). The first-order valence-corrected chi connectivity index (χ1v) is 12.2. The summed E-state index contributed by atoms with van der Waals surface area (Å²) < 4.78 is 33.6. The lowest BCUT2D eigenvalue weighted by molar-refractivity contribution is -0.128. The minimum atomic E-state index is -4.01. The summed E-state index contributed by atoms with van der Waals surface area (Å²) in [7, 11) is -0.801. The highest BCUT2D eigenvalue weighted by Gasteiger charge is 2.28. The highest BCUT2D eigenvalue weighted by Crippen LogP contribution is 2.27. The van der Waals surface area contributed by atoms with Crippen LogP contribution < -0.4 is 9.04 Å². The van der Waals surface area contributed by atoms with Gasteiger partial charge >= 0.3 is 0 Å². The maximum absolute atomic E-state index is 13.5. The quantitative estimate of drug-likeness (QED) is 0.458. The van der Waals surface area contributed by atoms with Gasteiger partial charge < -0.3 is 9.64 Å². The summed E-state index contributed by atoms with van der Waals surface area (Å²) in [5, 5.41) is 0.430. The number of hydrogen-bond acceptors (Lipinski definition) is 4. The summed E-state index contributed by atoms with van der Waals surface area (Å²) in [6.07, 6.45) is 0. The first-order valence-electron chi connectivity index (χ1n) is 10.3. The fourth-order valence-corrected chi connectivity index (χ4v) is 4.88. The number of carbonyl (C=O) groups is 1. The van der Waals surface area contributed by atoms with Crippen molar-refractivity contribution in [2.75, 3.05) is 25.0 Å². The predicted octanol–water partition coefficient (Wildman–Crippen LogP) is 4.82. The number of methoxy groups -OCH3 is 1. The molecule has 3 aromatic carbocycles. The number of likely N-dealkylation sites (N-methyl/N-ethyl adjacent to an activating group) is 1. The molecule has 0 aliphatic carbocycles. The van der Waals surface area contributed by atoms with Crippen LogP contribution in [-0.2, 0) is 21.4 Å². The van der Waals surface area contributed by atoms with Gasteiger partial charge in [-0.2, -0.15) is 0 Å². The molecule has 0 aliphatic rings. The molecule has 0 heterocycles. The van der Waals surface area contributed by atoms with Gasteiger partial charge in [0.05, 0.1) is 17.7 Å². The summed E-state index contributed by atoms with van der Waals surface area (Å²) in [4.78, 5) is 14.7. The van der Waals surface area contributed by atoms with E-state index in [2.05, 4.69) is 0 Å². The molecule has 0 fully saturated rings. The van der Waals surface area contributed by atoms with Crippen molar-refractivity contribution in [2.24, 2.45) is 0 Å². The minimum absolute atomic E-state index is 0.0605. The van der Waals surface area contributed by atoms with E-state index in [4.69, 9.17) is 16.3 Å². The molecule has 0 radical (unpaired) electrons. The van der Waals surface area contributed by atoms with Crippen molar-refractivity contribution in [3.63, 3.8) is 0 Å². The number of para-hydroxylation sites is 1. The number of anilines is 1. The van der Waals surface area contributed by atoms with Crippen LogP contribution in [0, 0.1) is 13.8 Å². The van der Waals surface area contributed by atoms with E-state index in [0.29, 0.717) is 16.5 Å². The van der Waals surface area contributed by atoms with Gasteiger partial charge in [0.1, 0.15) is 12.3 Å². The fourth-order valence-electron chi connectivity index (χ4n) is 3.35. The molecular weight excluding hydrogens is 460 g/mol. The second kappa shape index (κ2) is 10.3. The molecule has 0 aromatic heterocycles. The highest BCUT2D eigenvalue weighted by atomic mass is 35.5. The van der Waals surface area contributed by atoms with Crippen molar-refractivity contribution in [3.05, 3.63) is 88.4 Å². The van der Waals surface area contributed by atoms with Crippen molar-refractivity contribution < 1.29 is 17.9 Å². The molecule has 174 valence electrons. The Morgan fingerprint density at radius 2 is 1.64 bits per heavy atom. The lowest BCUT2D eigenvalue weighted by Gasteiger charge is -2.27. The second-order valence-corrected chi connectivity index (χ2v) is 10.1. The van der Waals surface area contributed by atoms with Gasteiger partial charge in [0, 0.05) is 24.2 Å². The van der Waals surface area contributed by atoms with E-state index in [-0.39, 0.29) is 23.9 Å². The van der Waals surface area contributed by atoms with Gasteiger partial charge in [-0.15, -0.1) is 0 Å². The van der Waals surface area contributed by atoms with E-state index in [0.717, 1.165) is 21.0 Å². The van der Waals surface area contributed by atoms with Crippen LogP contribution in [-0.4, -0.2) is 39.9 Å². The summed E-state index contributed by atoms with van der Waals surface area (Å²) in [5.74, 6) is 0.314. The average molecular weight is 487 g/mol. The molecule has 1 amide bonds. The zero-order chi connectivity index (χ0) is 24.2. The highest BCUT2D eigenvalue weighted by molar-refractivity contribution is 7.92. The Morgan fingerprint density at radius 1 is 0.970 bits per heavy atom. The molecule has 0 aliphatic heterocycles. The zero-order valence-corrected chi connectivity index (χ0v) is 20.7. The number of aryl methyl sites for hydroxylation is 2. The van der Waals surface area contributed by atoms with Gasteiger partial charge in [-0.25, -0.2) is 8.42 Å². The van der Waals surface area contributed by atoms with Gasteiger partial charge in [0.2, 0.25) is 5.91 Å². The molecule has 0 unspecified atom stereocenters. The van der Waals surface area contributed by atoms with Crippen molar-refractivity contribution >= 4 is 33.2 Å². The van der Waals surface area contributed by atoms with Gasteiger partial charge in [-0.05, 0) is 67.4 Å². The summed E-state index contributed by atoms with van der Waals surface area (Å²) >= 11 is 5.94. The van der Waals surface area contributed by atoms with Gasteiger partial charge in [0.25, 0.3) is 10.0 Å². The lowest BCUT2D eigenvalue weighted by atomic mass is 10.1. The number of benzene rings is 3. The normalized spacial score (nSPS) is 11.2. The van der Waals surface area contributed by atoms with Gasteiger partial charge in [-0.1, -0.05) is 35.9 Å². The molecule has 0 atom stereocenters. The maximum atomic E-state index is 13.5. The Bertz CT molecular complexity index is 1240. The number of sulfonamides is 1. The van der Waals surface area contributed by atoms with E-state index >= 15 is 0 Å². The molecule has 0 saturated heterocycles. The Balaban J connectivity index is 1.94. The van der Waals surface area contributed by atoms with E-state index in [9.17, 15) is 13.2 Å². The second-order valence-electron chi connectivity index (χ2n) is 7.80. The van der Waals surface area contributed by atoms with Crippen LogP contribution in [0.3, 0.4) is 0 Å². The van der Waals surface area contributed by atoms with Crippen LogP contribution in [0.25, 0.3) is 0 Å². The van der Waals surface area contributed by atoms with Crippen LogP contribution in [0.4, 0.5) is 5.69 Å². The Hall–Kier alpha value is -3.03. The molecular formula is C25H27ClN2O4S. The topological polar surface area (TPSA) is 66.9 Å². The zero-order valence-electron chi connectivity index (χ0n) is 19.1. The predicted molar refractivity (Wildman–Crippen MR) is 131 cm³/mol. The minimum Gasteiger partial charge on any atom is -0.496 e. The molecule has 8 heteroatoms. The molecule has 0 bridgehead atoms. The molecule has 0 saturated carbocycles. The third-order valence-corrected chi connectivity index (χ3v) is 7.52. The van der Waals surface area contributed by atoms with Gasteiger partial charge in [0.15, 0.2) is 0 Å². The SMILES string of the molecule is COc1ccccc1CN(C)C(=O)CN(c1ccc(C)c(C)c1)S(=O)(=O)c1ccc(Cl)cc1. The molecule has 3 aromatic rings. The van der Waals surface area contributed by atoms with Gasteiger partial charge in [-0.3, -0.25) is 9.10 Å². The third kappa shape index (κ3) is 5.67. The smallest absolute Gasteiger partial charge is 0.264 e. The Morgan fingerprint density at radius 3 is 2.27 bits per heavy atom. The van der Waals surface area contributed by atoms with E-state index in [1.807, 2.05) is 44.2 Å². The van der Waals surface area contributed by atoms with Crippen LogP contribution in [0.15, 0.2) is 71.6 Å². The lowest BCUT2D eigenvalue weighted by Crippen LogP contribution is -2.41.